The van der Waals surface area contributed by atoms with Gasteiger partial charge in [0.1, 0.15) is 5.82 Å². The Morgan fingerprint density at radius 1 is 1.04 bits per heavy atom. The molecule has 1 N–H and O–H groups in total. The first-order valence-electron chi connectivity index (χ1n) is 7.19. The van der Waals surface area contributed by atoms with Crippen molar-refractivity contribution in [3.8, 4) is 0 Å². The first kappa shape index (κ1) is 16.0. The molecule has 0 aliphatic heterocycles. The van der Waals surface area contributed by atoms with Crippen molar-refractivity contribution in [3.63, 3.8) is 0 Å². The molecule has 0 radical (unpaired) electrons. The van der Waals surface area contributed by atoms with Gasteiger partial charge in [0.15, 0.2) is 4.34 Å². The topological polar surface area (TPSA) is 37.8 Å². The third-order valence-electron chi connectivity index (χ3n) is 3.33. The maximum Gasteiger partial charge on any atom is 0.210 e. The molecule has 3 aromatic rings. The molecule has 118 valence electrons. The molecule has 0 aliphatic rings. The van der Waals surface area contributed by atoms with Gasteiger partial charge in [-0.2, -0.15) is 0 Å². The average Bonchev–Trinajstić information content (AvgIpc) is 2.97. The average molecular weight is 345 g/mol. The molecule has 0 aliphatic carbocycles. The molecule has 1 atom stereocenters. The van der Waals surface area contributed by atoms with E-state index in [0.717, 1.165) is 20.7 Å². The summed E-state index contributed by atoms with van der Waals surface area (Å²) in [5, 5.41) is 12.6. The zero-order valence-electron chi connectivity index (χ0n) is 12.8. The van der Waals surface area contributed by atoms with E-state index in [1.54, 1.807) is 23.9 Å². The molecular formula is C17H16FN3S2. The summed E-state index contributed by atoms with van der Waals surface area (Å²) >= 11 is 3.13. The Hall–Kier alpha value is -1.92. The van der Waals surface area contributed by atoms with Crippen molar-refractivity contribution < 1.29 is 4.39 Å². The van der Waals surface area contributed by atoms with Crippen molar-refractivity contribution in [2.24, 2.45) is 0 Å². The lowest BCUT2D eigenvalue weighted by atomic mass is 10.2. The highest BCUT2D eigenvalue weighted by atomic mass is 32.2. The van der Waals surface area contributed by atoms with Crippen LogP contribution in [0.5, 0.6) is 0 Å². The van der Waals surface area contributed by atoms with E-state index in [4.69, 9.17) is 0 Å². The molecule has 1 aromatic heterocycles. The second-order valence-electron chi connectivity index (χ2n) is 5.18. The lowest BCUT2D eigenvalue weighted by Gasteiger charge is -2.08. The van der Waals surface area contributed by atoms with Gasteiger partial charge in [0, 0.05) is 10.9 Å². The van der Waals surface area contributed by atoms with Crippen LogP contribution >= 0.6 is 23.1 Å². The Labute approximate surface area is 143 Å². The van der Waals surface area contributed by atoms with Crippen LogP contribution in [0.2, 0.25) is 0 Å². The number of rotatable bonds is 5. The molecule has 0 bridgehead atoms. The molecule has 23 heavy (non-hydrogen) atoms. The molecule has 0 spiro atoms. The predicted octanol–water partition coefficient (Wildman–Crippen LogP) is 5.58. The van der Waals surface area contributed by atoms with Gasteiger partial charge >= 0.3 is 0 Å². The van der Waals surface area contributed by atoms with Crippen molar-refractivity contribution >= 4 is 33.9 Å². The van der Waals surface area contributed by atoms with Crippen LogP contribution in [-0.2, 0) is 0 Å². The lowest BCUT2D eigenvalue weighted by Crippen LogP contribution is -1.89. The Balaban J connectivity index is 1.64. The van der Waals surface area contributed by atoms with E-state index < -0.39 is 0 Å². The summed E-state index contributed by atoms with van der Waals surface area (Å²) in [7, 11) is 0. The van der Waals surface area contributed by atoms with Gasteiger partial charge in [0.25, 0.3) is 0 Å². The summed E-state index contributed by atoms with van der Waals surface area (Å²) in [4.78, 5) is 0. The van der Waals surface area contributed by atoms with Gasteiger partial charge in [0.05, 0.1) is 0 Å². The fourth-order valence-corrected chi connectivity index (χ4v) is 4.06. The van der Waals surface area contributed by atoms with Crippen molar-refractivity contribution in [2.45, 2.75) is 23.4 Å². The Kier molecular flexibility index (Phi) is 4.93. The van der Waals surface area contributed by atoms with Crippen molar-refractivity contribution in [1.29, 1.82) is 0 Å². The molecule has 6 heteroatoms. The summed E-state index contributed by atoms with van der Waals surface area (Å²) in [6.45, 7) is 4.13. The lowest BCUT2D eigenvalue weighted by molar-refractivity contribution is 0.627. The number of hydrogen-bond acceptors (Lipinski definition) is 5. The highest BCUT2D eigenvalue weighted by Crippen LogP contribution is 2.37. The number of benzene rings is 2. The van der Waals surface area contributed by atoms with Crippen LogP contribution in [-0.4, -0.2) is 10.2 Å². The van der Waals surface area contributed by atoms with Crippen LogP contribution in [0.1, 0.15) is 23.3 Å². The van der Waals surface area contributed by atoms with Crippen LogP contribution in [0.3, 0.4) is 0 Å². The van der Waals surface area contributed by atoms with Crippen molar-refractivity contribution in [2.75, 3.05) is 5.32 Å². The summed E-state index contributed by atoms with van der Waals surface area (Å²) < 4.78 is 13.9. The van der Waals surface area contributed by atoms with E-state index in [1.807, 2.05) is 12.1 Å². The normalized spacial score (nSPS) is 12.1. The van der Waals surface area contributed by atoms with Crippen molar-refractivity contribution in [1.82, 2.24) is 10.2 Å². The molecule has 3 rings (SSSR count). The van der Waals surface area contributed by atoms with Crippen molar-refractivity contribution in [3.05, 3.63) is 65.5 Å². The van der Waals surface area contributed by atoms with E-state index in [2.05, 4.69) is 41.5 Å². The van der Waals surface area contributed by atoms with Crippen LogP contribution < -0.4 is 5.32 Å². The van der Waals surface area contributed by atoms with Crippen LogP contribution in [0.25, 0.3) is 0 Å². The minimum Gasteiger partial charge on any atom is -0.330 e. The number of nitrogens with zero attached hydrogens (tertiary/aromatic N) is 2. The summed E-state index contributed by atoms with van der Waals surface area (Å²) in [5.41, 5.74) is 3.28. The maximum absolute atomic E-state index is 13.0. The highest BCUT2D eigenvalue weighted by molar-refractivity contribution is 8.01. The third kappa shape index (κ3) is 4.30. The quantitative estimate of drug-likeness (QED) is 0.612. The Morgan fingerprint density at radius 3 is 2.43 bits per heavy atom. The Morgan fingerprint density at radius 2 is 1.74 bits per heavy atom. The second kappa shape index (κ2) is 7.10. The number of halogens is 1. The monoisotopic (exact) mass is 345 g/mol. The highest BCUT2D eigenvalue weighted by Gasteiger charge is 2.12. The zero-order valence-corrected chi connectivity index (χ0v) is 14.4. The van der Waals surface area contributed by atoms with E-state index in [0.29, 0.717) is 0 Å². The summed E-state index contributed by atoms with van der Waals surface area (Å²) in [6, 6.07) is 14.7. The number of thioether (sulfide) groups is 1. The van der Waals surface area contributed by atoms with Crippen LogP contribution in [0, 0.1) is 12.7 Å². The summed E-state index contributed by atoms with van der Waals surface area (Å²) in [5.74, 6) is -0.216. The molecule has 0 amide bonds. The SMILES string of the molecule is Cc1ccc(Nc2nnc(S[C@H](C)c3ccc(F)cc3)s2)cc1. The van der Waals surface area contributed by atoms with Gasteiger partial charge in [-0.05, 0) is 43.7 Å². The van der Waals surface area contributed by atoms with E-state index in [1.165, 1.54) is 29.0 Å². The van der Waals surface area contributed by atoms with Gasteiger partial charge in [-0.1, -0.05) is 52.9 Å². The molecule has 3 nitrogen and oxygen atoms in total. The van der Waals surface area contributed by atoms with E-state index in [-0.39, 0.29) is 11.1 Å². The fraction of sp³-hybridized carbons (Fsp3) is 0.176. The first-order valence-corrected chi connectivity index (χ1v) is 8.89. The molecule has 0 saturated carbocycles. The van der Waals surface area contributed by atoms with Crippen LogP contribution in [0.4, 0.5) is 15.2 Å². The molecular weight excluding hydrogens is 329 g/mol. The minimum absolute atomic E-state index is 0.191. The molecule has 2 aromatic carbocycles. The zero-order chi connectivity index (χ0) is 16.2. The van der Waals surface area contributed by atoms with Crippen LogP contribution in [0.15, 0.2) is 52.9 Å². The maximum atomic E-state index is 13.0. The van der Waals surface area contributed by atoms with Gasteiger partial charge in [0.2, 0.25) is 5.13 Å². The van der Waals surface area contributed by atoms with Gasteiger partial charge < -0.3 is 5.32 Å². The molecule has 0 fully saturated rings. The second-order valence-corrected chi connectivity index (χ2v) is 7.74. The van der Waals surface area contributed by atoms with E-state index >= 15 is 0 Å². The number of nitrogens with one attached hydrogen (secondary N) is 1. The summed E-state index contributed by atoms with van der Waals surface area (Å²) in [6.07, 6.45) is 0. The molecule has 0 unspecified atom stereocenters. The third-order valence-corrected chi connectivity index (χ3v) is 5.41. The molecule has 0 saturated heterocycles. The molecule has 1 heterocycles. The standard InChI is InChI=1S/C17H16FN3S2/c1-11-3-9-15(10-4-11)19-16-20-21-17(23-16)22-12(2)13-5-7-14(18)8-6-13/h3-10,12H,1-2H3,(H,19,20)/t12-/m1/s1. The first-order chi connectivity index (χ1) is 11.1. The predicted molar refractivity (Wildman–Crippen MR) is 95.0 cm³/mol. The van der Waals surface area contributed by atoms with Gasteiger partial charge in [-0.3, -0.25) is 0 Å². The number of aryl methyl sites for hydroxylation is 1. The minimum atomic E-state index is -0.216. The number of hydrogen-bond donors (Lipinski definition) is 1. The van der Waals surface area contributed by atoms with Gasteiger partial charge in [-0.25, -0.2) is 4.39 Å². The fourth-order valence-electron chi connectivity index (χ4n) is 2.02. The number of anilines is 2. The Bertz CT molecular complexity index is 769. The number of aromatic nitrogens is 2. The smallest absolute Gasteiger partial charge is 0.210 e. The largest absolute Gasteiger partial charge is 0.330 e. The van der Waals surface area contributed by atoms with E-state index in [9.17, 15) is 4.39 Å². The van der Waals surface area contributed by atoms with Gasteiger partial charge in [-0.15, -0.1) is 10.2 Å².